The first kappa shape index (κ1) is 10.8. The summed E-state index contributed by atoms with van der Waals surface area (Å²) in [6.07, 6.45) is 0. The van der Waals surface area contributed by atoms with Crippen molar-refractivity contribution in [3.05, 3.63) is 36.4 Å². The molecule has 0 aliphatic heterocycles. The van der Waals surface area contributed by atoms with Crippen LogP contribution >= 0.6 is 0 Å². The molecule has 2 nitrogen and oxygen atoms in total. The average molecular weight is 214 g/mol. The van der Waals surface area contributed by atoms with E-state index in [2.05, 4.69) is 60.9 Å². The molecule has 0 fully saturated rings. The van der Waals surface area contributed by atoms with Crippen molar-refractivity contribution in [1.29, 1.82) is 0 Å². The lowest BCUT2D eigenvalue weighted by atomic mass is 10.1. The summed E-state index contributed by atoms with van der Waals surface area (Å²) >= 11 is 0. The zero-order valence-electron chi connectivity index (χ0n) is 9.88. The van der Waals surface area contributed by atoms with Crippen molar-refractivity contribution in [1.82, 2.24) is 0 Å². The first-order valence-corrected chi connectivity index (χ1v) is 5.85. The molecule has 2 aromatic carbocycles. The van der Waals surface area contributed by atoms with Gasteiger partial charge in [-0.15, -0.1) is 0 Å². The Kier molecular flexibility index (Phi) is 3.30. The fourth-order valence-corrected chi connectivity index (χ4v) is 1.87. The largest absolute Gasteiger partial charge is 0.385 e. The molecule has 84 valence electrons. The molecule has 16 heavy (non-hydrogen) atoms. The van der Waals surface area contributed by atoms with Crippen LogP contribution in [0.1, 0.15) is 13.8 Å². The minimum Gasteiger partial charge on any atom is -0.385 e. The number of nitrogens with one attached hydrogen (secondary N) is 2. The van der Waals surface area contributed by atoms with Gasteiger partial charge in [0.15, 0.2) is 0 Å². The zero-order chi connectivity index (χ0) is 11.4. The van der Waals surface area contributed by atoms with Gasteiger partial charge in [0, 0.05) is 24.5 Å². The second kappa shape index (κ2) is 4.88. The van der Waals surface area contributed by atoms with Gasteiger partial charge < -0.3 is 10.6 Å². The maximum Gasteiger partial charge on any atom is 0.0346 e. The topological polar surface area (TPSA) is 24.1 Å². The van der Waals surface area contributed by atoms with E-state index in [9.17, 15) is 0 Å². The van der Waals surface area contributed by atoms with Gasteiger partial charge in [0.05, 0.1) is 0 Å². The van der Waals surface area contributed by atoms with E-state index < -0.39 is 0 Å². The van der Waals surface area contributed by atoms with Crippen LogP contribution in [0.4, 0.5) is 11.4 Å². The number of hydrogen-bond acceptors (Lipinski definition) is 2. The van der Waals surface area contributed by atoms with Crippen molar-refractivity contribution in [3.8, 4) is 0 Å². The molecule has 2 aromatic rings. The third kappa shape index (κ3) is 2.27. The molecule has 0 aliphatic carbocycles. The lowest BCUT2D eigenvalue weighted by Gasteiger charge is -2.07. The van der Waals surface area contributed by atoms with Crippen LogP contribution in [0.15, 0.2) is 36.4 Å². The van der Waals surface area contributed by atoms with E-state index in [1.54, 1.807) is 0 Å². The number of benzene rings is 2. The Morgan fingerprint density at radius 1 is 0.750 bits per heavy atom. The summed E-state index contributed by atoms with van der Waals surface area (Å²) in [6, 6.07) is 13.0. The van der Waals surface area contributed by atoms with Crippen molar-refractivity contribution >= 4 is 22.1 Å². The predicted molar refractivity (Wildman–Crippen MR) is 72.3 cm³/mol. The standard InChI is InChI=1S/C14H18N2/c1-3-15-13-7-5-12-10-14(16-4-2)8-6-11(12)9-13/h5-10,15-16H,3-4H2,1-2H3. The Morgan fingerprint density at radius 2 is 1.19 bits per heavy atom. The quantitative estimate of drug-likeness (QED) is 0.810. The van der Waals surface area contributed by atoms with Gasteiger partial charge in [-0.2, -0.15) is 0 Å². The molecule has 2 N–H and O–H groups in total. The van der Waals surface area contributed by atoms with E-state index in [1.807, 2.05) is 0 Å². The summed E-state index contributed by atoms with van der Waals surface area (Å²) in [7, 11) is 0. The predicted octanol–water partition coefficient (Wildman–Crippen LogP) is 3.70. The SMILES string of the molecule is CCNc1ccc2cc(NCC)ccc2c1. The maximum atomic E-state index is 3.32. The average Bonchev–Trinajstić information content (AvgIpc) is 2.30. The molecule has 0 bridgehead atoms. The van der Waals surface area contributed by atoms with E-state index in [4.69, 9.17) is 0 Å². The summed E-state index contributed by atoms with van der Waals surface area (Å²) in [4.78, 5) is 0. The summed E-state index contributed by atoms with van der Waals surface area (Å²) in [5, 5.41) is 9.20. The van der Waals surface area contributed by atoms with Crippen LogP contribution in [-0.4, -0.2) is 13.1 Å². The first-order chi connectivity index (χ1) is 7.83. The third-order valence-electron chi connectivity index (χ3n) is 2.60. The summed E-state index contributed by atoms with van der Waals surface area (Å²) in [5.41, 5.74) is 2.37. The monoisotopic (exact) mass is 214 g/mol. The fraction of sp³-hybridized carbons (Fsp3) is 0.286. The van der Waals surface area contributed by atoms with Gasteiger partial charge >= 0.3 is 0 Å². The lowest BCUT2D eigenvalue weighted by molar-refractivity contribution is 1.21. The number of rotatable bonds is 4. The van der Waals surface area contributed by atoms with Crippen molar-refractivity contribution < 1.29 is 0 Å². The van der Waals surface area contributed by atoms with Gasteiger partial charge in [0.25, 0.3) is 0 Å². The van der Waals surface area contributed by atoms with E-state index in [0.717, 1.165) is 13.1 Å². The van der Waals surface area contributed by atoms with Crippen molar-refractivity contribution in [2.45, 2.75) is 13.8 Å². The molecule has 0 atom stereocenters. The molecule has 0 saturated heterocycles. The Morgan fingerprint density at radius 3 is 1.56 bits per heavy atom. The molecular formula is C14H18N2. The number of fused-ring (bicyclic) bond motifs is 1. The van der Waals surface area contributed by atoms with Crippen molar-refractivity contribution in [3.63, 3.8) is 0 Å². The van der Waals surface area contributed by atoms with Crippen LogP contribution < -0.4 is 10.6 Å². The molecule has 0 unspecified atom stereocenters. The van der Waals surface area contributed by atoms with Crippen LogP contribution in [0, 0.1) is 0 Å². The van der Waals surface area contributed by atoms with Gasteiger partial charge in [-0.05, 0) is 48.9 Å². The van der Waals surface area contributed by atoms with Crippen LogP contribution in [0.5, 0.6) is 0 Å². The Hall–Kier alpha value is -1.70. The smallest absolute Gasteiger partial charge is 0.0346 e. The zero-order valence-corrected chi connectivity index (χ0v) is 9.88. The number of anilines is 2. The third-order valence-corrected chi connectivity index (χ3v) is 2.60. The molecule has 2 heteroatoms. The first-order valence-electron chi connectivity index (χ1n) is 5.85. The molecule has 0 spiro atoms. The number of hydrogen-bond donors (Lipinski definition) is 2. The Bertz CT molecular complexity index is 432. The fourth-order valence-electron chi connectivity index (χ4n) is 1.87. The minimum atomic E-state index is 0.959. The van der Waals surface area contributed by atoms with Gasteiger partial charge in [0.1, 0.15) is 0 Å². The van der Waals surface area contributed by atoms with E-state index in [1.165, 1.54) is 22.1 Å². The summed E-state index contributed by atoms with van der Waals surface area (Å²) < 4.78 is 0. The van der Waals surface area contributed by atoms with Gasteiger partial charge in [0.2, 0.25) is 0 Å². The highest BCUT2D eigenvalue weighted by Crippen LogP contribution is 2.22. The van der Waals surface area contributed by atoms with Crippen LogP contribution in [-0.2, 0) is 0 Å². The highest BCUT2D eigenvalue weighted by Gasteiger charge is 1.97. The highest BCUT2D eigenvalue weighted by molar-refractivity contribution is 5.88. The van der Waals surface area contributed by atoms with Gasteiger partial charge in [-0.25, -0.2) is 0 Å². The van der Waals surface area contributed by atoms with Gasteiger partial charge in [-0.3, -0.25) is 0 Å². The van der Waals surface area contributed by atoms with Gasteiger partial charge in [-0.1, -0.05) is 12.1 Å². The molecular weight excluding hydrogens is 196 g/mol. The molecule has 2 rings (SSSR count). The Labute approximate surface area is 96.7 Å². The molecule has 0 amide bonds. The van der Waals surface area contributed by atoms with Crippen molar-refractivity contribution in [2.24, 2.45) is 0 Å². The molecule has 0 aliphatic rings. The van der Waals surface area contributed by atoms with Crippen LogP contribution in [0.3, 0.4) is 0 Å². The second-order valence-corrected chi connectivity index (χ2v) is 3.84. The molecule has 0 aromatic heterocycles. The van der Waals surface area contributed by atoms with E-state index >= 15 is 0 Å². The lowest BCUT2D eigenvalue weighted by Crippen LogP contribution is -1.97. The van der Waals surface area contributed by atoms with Crippen LogP contribution in [0.2, 0.25) is 0 Å². The second-order valence-electron chi connectivity index (χ2n) is 3.84. The maximum absolute atomic E-state index is 3.32. The summed E-state index contributed by atoms with van der Waals surface area (Å²) in [6.45, 7) is 6.14. The normalized spacial score (nSPS) is 10.4. The van der Waals surface area contributed by atoms with Crippen LogP contribution in [0.25, 0.3) is 10.8 Å². The highest BCUT2D eigenvalue weighted by atomic mass is 14.9. The molecule has 0 radical (unpaired) electrons. The Balaban J connectivity index is 2.36. The molecule has 0 heterocycles. The summed E-state index contributed by atoms with van der Waals surface area (Å²) in [5.74, 6) is 0. The molecule has 0 saturated carbocycles. The van der Waals surface area contributed by atoms with Crippen molar-refractivity contribution in [2.75, 3.05) is 23.7 Å². The minimum absolute atomic E-state index is 0.959. The van der Waals surface area contributed by atoms with E-state index in [-0.39, 0.29) is 0 Å². The van der Waals surface area contributed by atoms with E-state index in [0.29, 0.717) is 0 Å².